The lowest BCUT2D eigenvalue weighted by atomic mass is 10.1. The van der Waals surface area contributed by atoms with Crippen molar-refractivity contribution in [1.29, 1.82) is 0 Å². The minimum Gasteiger partial charge on any atom is -0.497 e. The van der Waals surface area contributed by atoms with Gasteiger partial charge >= 0.3 is 0 Å². The Morgan fingerprint density at radius 1 is 1.37 bits per heavy atom. The van der Waals surface area contributed by atoms with Gasteiger partial charge in [-0.15, -0.1) is 0 Å². The second-order valence-corrected chi connectivity index (χ2v) is 5.83. The summed E-state index contributed by atoms with van der Waals surface area (Å²) in [6, 6.07) is 8.28. The predicted molar refractivity (Wildman–Crippen MR) is 77.7 cm³/mol. The Morgan fingerprint density at radius 2 is 2.21 bits per heavy atom. The van der Waals surface area contributed by atoms with Crippen LogP contribution in [0.2, 0.25) is 0 Å². The molecule has 1 aromatic rings. The lowest BCUT2D eigenvalue weighted by molar-refractivity contribution is 0.163. The van der Waals surface area contributed by atoms with Crippen LogP contribution in [-0.2, 0) is 6.42 Å². The van der Waals surface area contributed by atoms with Crippen molar-refractivity contribution in [2.45, 2.75) is 44.3 Å². The highest BCUT2D eigenvalue weighted by molar-refractivity contribution is 5.43. The fraction of sp³-hybridized carbons (Fsp3) is 0.625. The molecular weight excluding hydrogens is 236 g/mol. The minimum atomic E-state index is 0.436. The zero-order chi connectivity index (χ0) is 13.4. The van der Waals surface area contributed by atoms with Gasteiger partial charge in [0.25, 0.3) is 0 Å². The molecule has 1 aliphatic carbocycles. The van der Waals surface area contributed by atoms with Crippen molar-refractivity contribution in [2.24, 2.45) is 0 Å². The Morgan fingerprint density at radius 3 is 2.84 bits per heavy atom. The van der Waals surface area contributed by atoms with Gasteiger partial charge in [0.1, 0.15) is 5.75 Å². The van der Waals surface area contributed by atoms with Gasteiger partial charge in [0.05, 0.1) is 7.11 Å². The van der Waals surface area contributed by atoms with Crippen molar-refractivity contribution in [3.63, 3.8) is 0 Å². The van der Waals surface area contributed by atoms with Crippen LogP contribution in [0, 0.1) is 0 Å². The van der Waals surface area contributed by atoms with E-state index in [2.05, 4.69) is 42.4 Å². The standard InChI is InChI=1S/C16H24N2O/c1-11-5-4-8-18(11)15-9-12-6-7-13(19-3)10-14(12)16(15)17-2/h6-7,10-11,15-17H,4-5,8-9H2,1-3H3. The molecule has 3 nitrogen and oxygen atoms in total. The molecule has 1 aromatic carbocycles. The molecule has 0 radical (unpaired) electrons. The molecule has 0 amide bonds. The van der Waals surface area contributed by atoms with E-state index in [0.717, 1.165) is 18.2 Å². The molecule has 1 fully saturated rings. The summed E-state index contributed by atoms with van der Waals surface area (Å²) in [6.45, 7) is 3.61. The Hall–Kier alpha value is -1.06. The van der Waals surface area contributed by atoms with E-state index >= 15 is 0 Å². The first kappa shape index (κ1) is 12.9. The lowest BCUT2D eigenvalue weighted by Gasteiger charge is -2.33. The van der Waals surface area contributed by atoms with Gasteiger partial charge < -0.3 is 10.1 Å². The van der Waals surface area contributed by atoms with Crippen LogP contribution in [-0.4, -0.2) is 37.7 Å². The highest BCUT2D eigenvalue weighted by atomic mass is 16.5. The fourth-order valence-corrected chi connectivity index (χ4v) is 3.83. The zero-order valence-corrected chi connectivity index (χ0v) is 12.1. The van der Waals surface area contributed by atoms with Crippen LogP contribution in [0.3, 0.4) is 0 Å². The van der Waals surface area contributed by atoms with Crippen molar-refractivity contribution < 1.29 is 4.74 Å². The molecule has 1 saturated heterocycles. The van der Waals surface area contributed by atoms with Gasteiger partial charge in [-0.05, 0) is 63.0 Å². The van der Waals surface area contributed by atoms with Crippen molar-refractivity contribution in [2.75, 3.05) is 20.7 Å². The van der Waals surface area contributed by atoms with E-state index in [-0.39, 0.29) is 0 Å². The normalized spacial score (nSPS) is 30.6. The largest absolute Gasteiger partial charge is 0.497 e. The Bertz CT molecular complexity index is 460. The molecule has 3 heteroatoms. The molecule has 1 aliphatic heterocycles. The molecule has 19 heavy (non-hydrogen) atoms. The SMILES string of the molecule is CNC1c2cc(OC)ccc2CC1N1CCCC1C. The third-order valence-electron chi connectivity index (χ3n) is 4.84. The fourth-order valence-electron chi connectivity index (χ4n) is 3.83. The van der Waals surface area contributed by atoms with E-state index in [4.69, 9.17) is 4.74 Å². The van der Waals surface area contributed by atoms with Crippen LogP contribution in [0.4, 0.5) is 0 Å². The molecule has 1 N–H and O–H groups in total. The molecule has 0 bridgehead atoms. The van der Waals surface area contributed by atoms with E-state index in [1.54, 1.807) is 7.11 Å². The lowest BCUT2D eigenvalue weighted by Crippen LogP contribution is -2.43. The molecule has 104 valence electrons. The number of hydrogen-bond donors (Lipinski definition) is 1. The number of benzene rings is 1. The quantitative estimate of drug-likeness (QED) is 0.903. The summed E-state index contributed by atoms with van der Waals surface area (Å²) in [4.78, 5) is 2.69. The van der Waals surface area contributed by atoms with Crippen molar-refractivity contribution in [3.8, 4) is 5.75 Å². The van der Waals surface area contributed by atoms with Gasteiger partial charge in [0.15, 0.2) is 0 Å². The Labute approximate surface area is 115 Å². The molecule has 1 heterocycles. The van der Waals surface area contributed by atoms with Gasteiger partial charge in [-0.3, -0.25) is 4.90 Å². The maximum Gasteiger partial charge on any atom is 0.119 e. The third kappa shape index (κ3) is 2.15. The van der Waals surface area contributed by atoms with Gasteiger partial charge in [-0.2, -0.15) is 0 Å². The maximum atomic E-state index is 5.37. The van der Waals surface area contributed by atoms with Crippen molar-refractivity contribution >= 4 is 0 Å². The van der Waals surface area contributed by atoms with E-state index in [1.807, 2.05) is 0 Å². The number of nitrogens with one attached hydrogen (secondary N) is 1. The molecular formula is C16H24N2O. The first-order valence-corrected chi connectivity index (χ1v) is 7.34. The van der Waals surface area contributed by atoms with Crippen molar-refractivity contribution in [3.05, 3.63) is 29.3 Å². The van der Waals surface area contributed by atoms with Gasteiger partial charge in [-0.25, -0.2) is 0 Å². The number of rotatable bonds is 3. The van der Waals surface area contributed by atoms with Crippen LogP contribution in [0.1, 0.15) is 36.9 Å². The summed E-state index contributed by atoms with van der Waals surface area (Å²) in [5.74, 6) is 0.967. The molecule has 2 aliphatic rings. The summed E-state index contributed by atoms with van der Waals surface area (Å²) in [6.07, 6.45) is 3.84. The summed E-state index contributed by atoms with van der Waals surface area (Å²) < 4.78 is 5.37. The van der Waals surface area contributed by atoms with Gasteiger partial charge in [-0.1, -0.05) is 6.07 Å². The zero-order valence-electron chi connectivity index (χ0n) is 12.1. The molecule has 0 aromatic heterocycles. The maximum absolute atomic E-state index is 5.37. The topological polar surface area (TPSA) is 24.5 Å². The van der Waals surface area contributed by atoms with Gasteiger partial charge in [0.2, 0.25) is 0 Å². The van der Waals surface area contributed by atoms with E-state index in [1.165, 1.54) is 30.5 Å². The summed E-state index contributed by atoms with van der Waals surface area (Å²) >= 11 is 0. The highest BCUT2D eigenvalue weighted by Gasteiger charge is 2.38. The van der Waals surface area contributed by atoms with E-state index in [0.29, 0.717) is 12.1 Å². The van der Waals surface area contributed by atoms with Crippen LogP contribution < -0.4 is 10.1 Å². The summed E-state index contributed by atoms with van der Waals surface area (Å²) in [7, 11) is 3.82. The second-order valence-electron chi connectivity index (χ2n) is 5.83. The summed E-state index contributed by atoms with van der Waals surface area (Å²) in [5, 5.41) is 3.52. The predicted octanol–water partition coefficient (Wildman–Crippen LogP) is 2.36. The van der Waals surface area contributed by atoms with E-state index in [9.17, 15) is 0 Å². The van der Waals surface area contributed by atoms with Gasteiger partial charge in [0, 0.05) is 18.1 Å². The monoisotopic (exact) mass is 260 g/mol. The first-order chi connectivity index (χ1) is 9.24. The first-order valence-electron chi connectivity index (χ1n) is 7.34. The Balaban J connectivity index is 1.90. The van der Waals surface area contributed by atoms with E-state index < -0.39 is 0 Å². The number of fused-ring (bicyclic) bond motifs is 1. The average Bonchev–Trinajstić information content (AvgIpc) is 3.00. The average molecular weight is 260 g/mol. The number of methoxy groups -OCH3 is 1. The molecule has 0 spiro atoms. The minimum absolute atomic E-state index is 0.436. The number of likely N-dealkylation sites (tertiary alicyclic amines) is 1. The number of ether oxygens (including phenoxy) is 1. The van der Waals surface area contributed by atoms with Crippen LogP contribution >= 0.6 is 0 Å². The van der Waals surface area contributed by atoms with Crippen LogP contribution in [0.25, 0.3) is 0 Å². The highest BCUT2D eigenvalue weighted by Crippen LogP contribution is 2.38. The Kier molecular flexibility index (Phi) is 3.50. The van der Waals surface area contributed by atoms with Crippen LogP contribution in [0.5, 0.6) is 5.75 Å². The molecule has 3 atom stereocenters. The third-order valence-corrected chi connectivity index (χ3v) is 4.84. The molecule has 3 unspecified atom stereocenters. The molecule has 3 rings (SSSR count). The number of likely N-dealkylation sites (N-methyl/N-ethyl adjacent to an activating group) is 1. The molecule has 0 saturated carbocycles. The summed E-state index contributed by atoms with van der Waals surface area (Å²) in [5.41, 5.74) is 2.90. The second kappa shape index (κ2) is 5.14. The number of hydrogen-bond acceptors (Lipinski definition) is 3. The van der Waals surface area contributed by atoms with Crippen LogP contribution in [0.15, 0.2) is 18.2 Å². The van der Waals surface area contributed by atoms with Crippen molar-refractivity contribution in [1.82, 2.24) is 10.2 Å². The number of nitrogens with zero attached hydrogens (tertiary/aromatic N) is 1. The smallest absolute Gasteiger partial charge is 0.119 e.